The summed E-state index contributed by atoms with van der Waals surface area (Å²) in [5.74, 6) is 0.801. The molecule has 0 aliphatic heterocycles. The molecule has 0 spiro atoms. The van der Waals surface area contributed by atoms with Gasteiger partial charge in [-0.3, -0.25) is 0 Å². The third kappa shape index (κ3) is 2.38. The summed E-state index contributed by atoms with van der Waals surface area (Å²) >= 11 is 0. The third-order valence-corrected chi connectivity index (χ3v) is 2.59. The summed E-state index contributed by atoms with van der Waals surface area (Å²) < 4.78 is 0. The van der Waals surface area contributed by atoms with E-state index in [4.69, 9.17) is 0 Å². The summed E-state index contributed by atoms with van der Waals surface area (Å²) in [6, 6.07) is 0. The Hall–Kier alpha value is 0. The van der Waals surface area contributed by atoms with Gasteiger partial charge in [-0.25, -0.2) is 0 Å². The van der Waals surface area contributed by atoms with Crippen LogP contribution in [0, 0.1) is 18.3 Å². The summed E-state index contributed by atoms with van der Waals surface area (Å²) in [6.45, 7) is 13.0. The Morgan fingerprint density at radius 2 is 1.89 bits per heavy atom. The zero-order valence-electron chi connectivity index (χ0n) is 7.20. The molecule has 1 atom stereocenters. The molecule has 0 heteroatoms. The molecule has 0 heterocycles. The molecule has 0 rings (SSSR count). The van der Waals surface area contributed by atoms with E-state index in [-0.39, 0.29) is 0 Å². The first-order chi connectivity index (χ1) is 4.04. The molecular formula is C9H19. The molecule has 0 saturated carbocycles. The van der Waals surface area contributed by atoms with Crippen LogP contribution in [0.4, 0.5) is 0 Å². The molecular weight excluding hydrogens is 108 g/mol. The highest BCUT2D eigenvalue weighted by atomic mass is 14.3. The van der Waals surface area contributed by atoms with Gasteiger partial charge in [0.1, 0.15) is 0 Å². The number of hydrogen-bond donors (Lipinski definition) is 0. The van der Waals surface area contributed by atoms with E-state index in [0.717, 1.165) is 12.3 Å². The highest BCUT2D eigenvalue weighted by molar-refractivity contribution is 4.74. The lowest BCUT2D eigenvalue weighted by molar-refractivity contribution is 0.226. The van der Waals surface area contributed by atoms with Gasteiger partial charge in [0.25, 0.3) is 0 Å². The third-order valence-electron chi connectivity index (χ3n) is 2.59. The SMILES string of the molecule is [CH2]CC(C)(C)C(C)CC. The molecule has 0 amide bonds. The van der Waals surface area contributed by atoms with Crippen molar-refractivity contribution in [2.75, 3.05) is 0 Å². The van der Waals surface area contributed by atoms with Crippen LogP contribution in [0.5, 0.6) is 0 Å². The van der Waals surface area contributed by atoms with Crippen LogP contribution in [0.15, 0.2) is 0 Å². The maximum Gasteiger partial charge on any atom is -0.0329 e. The predicted molar refractivity (Wildman–Crippen MR) is 43.2 cm³/mol. The molecule has 0 nitrogen and oxygen atoms in total. The van der Waals surface area contributed by atoms with Gasteiger partial charge in [0.15, 0.2) is 0 Å². The molecule has 0 aliphatic rings. The normalized spacial score (nSPS) is 15.7. The fourth-order valence-corrected chi connectivity index (χ4v) is 0.799. The molecule has 0 aromatic heterocycles. The Morgan fingerprint density at radius 3 is 2.00 bits per heavy atom. The zero-order valence-corrected chi connectivity index (χ0v) is 7.20. The van der Waals surface area contributed by atoms with Crippen LogP contribution in [0.2, 0.25) is 0 Å². The molecule has 0 aliphatic carbocycles. The summed E-state index contributed by atoms with van der Waals surface area (Å²) in [5, 5.41) is 0. The van der Waals surface area contributed by atoms with Gasteiger partial charge >= 0.3 is 0 Å². The van der Waals surface area contributed by atoms with Crippen molar-refractivity contribution in [3.05, 3.63) is 6.92 Å². The van der Waals surface area contributed by atoms with E-state index in [2.05, 4.69) is 34.6 Å². The number of rotatable bonds is 3. The van der Waals surface area contributed by atoms with Crippen molar-refractivity contribution >= 4 is 0 Å². The molecule has 55 valence electrons. The maximum atomic E-state index is 3.93. The van der Waals surface area contributed by atoms with Crippen molar-refractivity contribution < 1.29 is 0 Å². The minimum atomic E-state index is 0.439. The lowest BCUT2D eigenvalue weighted by Crippen LogP contribution is -2.19. The van der Waals surface area contributed by atoms with Crippen LogP contribution in [-0.4, -0.2) is 0 Å². The molecule has 1 radical (unpaired) electrons. The standard InChI is InChI=1S/C9H19/c1-6-8(3)9(4,5)7-2/h8H,2,6-7H2,1,3-5H3. The molecule has 1 unspecified atom stereocenters. The fraction of sp³-hybridized carbons (Fsp3) is 0.889. The van der Waals surface area contributed by atoms with Crippen molar-refractivity contribution in [1.29, 1.82) is 0 Å². The zero-order chi connectivity index (χ0) is 7.49. The monoisotopic (exact) mass is 127 g/mol. The summed E-state index contributed by atoms with van der Waals surface area (Å²) in [4.78, 5) is 0. The van der Waals surface area contributed by atoms with Crippen LogP contribution < -0.4 is 0 Å². The highest BCUT2D eigenvalue weighted by Crippen LogP contribution is 2.31. The Kier molecular flexibility index (Phi) is 3.24. The molecule has 0 fully saturated rings. The van der Waals surface area contributed by atoms with Crippen LogP contribution in [0.3, 0.4) is 0 Å². The van der Waals surface area contributed by atoms with Crippen LogP contribution in [0.25, 0.3) is 0 Å². The second kappa shape index (κ2) is 3.24. The second-order valence-corrected chi connectivity index (χ2v) is 3.55. The second-order valence-electron chi connectivity index (χ2n) is 3.55. The van der Waals surface area contributed by atoms with Gasteiger partial charge in [0.2, 0.25) is 0 Å². The quantitative estimate of drug-likeness (QED) is 0.545. The van der Waals surface area contributed by atoms with E-state index in [1.807, 2.05) is 0 Å². The fourth-order valence-electron chi connectivity index (χ4n) is 0.799. The minimum absolute atomic E-state index is 0.439. The Labute approximate surface area is 59.7 Å². The highest BCUT2D eigenvalue weighted by Gasteiger charge is 2.21. The lowest BCUT2D eigenvalue weighted by Gasteiger charge is -2.29. The first-order valence-electron chi connectivity index (χ1n) is 3.83. The van der Waals surface area contributed by atoms with Crippen LogP contribution >= 0.6 is 0 Å². The molecule has 0 N–H and O–H groups in total. The van der Waals surface area contributed by atoms with E-state index in [1.165, 1.54) is 6.42 Å². The Balaban J connectivity index is 3.80. The van der Waals surface area contributed by atoms with E-state index >= 15 is 0 Å². The smallest absolute Gasteiger partial charge is 0.0329 e. The van der Waals surface area contributed by atoms with Crippen molar-refractivity contribution in [2.24, 2.45) is 11.3 Å². The molecule has 0 saturated heterocycles. The van der Waals surface area contributed by atoms with Crippen LogP contribution in [0.1, 0.15) is 40.5 Å². The molecule has 0 aromatic rings. The summed E-state index contributed by atoms with van der Waals surface area (Å²) in [5.41, 5.74) is 0.439. The Bertz CT molecular complexity index is 72.1. The van der Waals surface area contributed by atoms with E-state index in [0.29, 0.717) is 5.41 Å². The first-order valence-corrected chi connectivity index (χ1v) is 3.83. The van der Waals surface area contributed by atoms with E-state index in [9.17, 15) is 0 Å². The Morgan fingerprint density at radius 1 is 1.44 bits per heavy atom. The first kappa shape index (κ1) is 9.00. The van der Waals surface area contributed by atoms with Gasteiger partial charge in [0.05, 0.1) is 0 Å². The van der Waals surface area contributed by atoms with Crippen molar-refractivity contribution in [1.82, 2.24) is 0 Å². The molecule has 0 aromatic carbocycles. The van der Waals surface area contributed by atoms with Crippen molar-refractivity contribution in [3.63, 3.8) is 0 Å². The average Bonchev–Trinajstić information content (AvgIpc) is 1.86. The molecule has 0 bridgehead atoms. The predicted octanol–water partition coefficient (Wildman–Crippen LogP) is 3.28. The minimum Gasteiger partial charge on any atom is -0.0651 e. The average molecular weight is 127 g/mol. The van der Waals surface area contributed by atoms with Gasteiger partial charge in [-0.05, 0) is 17.8 Å². The van der Waals surface area contributed by atoms with Gasteiger partial charge in [-0.2, -0.15) is 0 Å². The van der Waals surface area contributed by atoms with Gasteiger partial charge < -0.3 is 0 Å². The van der Waals surface area contributed by atoms with Gasteiger partial charge in [-0.1, -0.05) is 41.0 Å². The largest absolute Gasteiger partial charge is 0.0651 e. The van der Waals surface area contributed by atoms with Crippen molar-refractivity contribution in [3.8, 4) is 0 Å². The summed E-state index contributed by atoms with van der Waals surface area (Å²) in [7, 11) is 0. The van der Waals surface area contributed by atoms with Crippen LogP contribution in [-0.2, 0) is 0 Å². The van der Waals surface area contributed by atoms with E-state index in [1.54, 1.807) is 0 Å². The topological polar surface area (TPSA) is 0 Å². The van der Waals surface area contributed by atoms with Gasteiger partial charge in [0, 0.05) is 0 Å². The van der Waals surface area contributed by atoms with E-state index < -0.39 is 0 Å². The number of hydrogen-bond acceptors (Lipinski definition) is 0. The van der Waals surface area contributed by atoms with Crippen molar-refractivity contribution in [2.45, 2.75) is 40.5 Å². The van der Waals surface area contributed by atoms with Gasteiger partial charge in [-0.15, -0.1) is 0 Å². The lowest BCUT2D eigenvalue weighted by atomic mass is 9.77. The molecule has 9 heavy (non-hydrogen) atoms. The summed E-state index contributed by atoms with van der Waals surface area (Å²) in [6.07, 6.45) is 2.31. The maximum absolute atomic E-state index is 3.93.